The van der Waals surface area contributed by atoms with Gasteiger partial charge in [0.1, 0.15) is 11.5 Å². The fraction of sp³-hybridized carbons (Fsp3) is 0.368. The summed E-state index contributed by atoms with van der Waals surface area (Å²) in [6.45, 7) is 6.41. The van der Waals surface area contributed by atoms with Gasteiger partial charge in [0.05, 0.1) is 14.2 Å². The Morgan fingerprint density at radius 2 is 1.24 bits per heavy atom. The first-order valence-electron chi connectivity index (χ1n) is 7.39. The predicted molar refractivity (Wildman–Crippen MR) is 87.6 cm³/mol. The van der Waals surface area contributed by atoms with E-state index in [9.17, 15) is 0 Å². The Balaban J connectivity index is 2.39. The lowest BCUT2D eigenvalue weighted by atomic mass is 9.87. The first-order valence-corrected chi connectivity index (χ1v) is 7.39. The predicted octanol–water partition coefficient (Wildman–Crippen LogP) is 4.86. The Hall–Kier alpha value is -1.96. The molecule has 21 heavy (non-hydrogen) atoms. The van der Waals surface area contributed by atoms with Crippen LogP contribution in [0.5, 0.6) is 11.5 Å². The molecule has 0 saturated heterocycles. The molecule has 0 saturated carbocycles. The van der Waals surface area contributed by atoms with E-state index in [1.165, 1.54) is 22.3 Å². The van der Waals surface area contributed by atoms with Crippen molar-refractivity contribution in [2.75, 3.05) is 14.2 Å². The van der Waals surface area contributed by atoms with Crippen molar-refractivity contribution < 1.29 is 9.47 Å². The van der Waals surface area contributed by atoms with Crippen molar-refractivity contribution in [2.24, 2.45) is 0 Å². The zero-order valence-corrected chi connectivity index (χ0v) is 13.6. The Morgan fingerprint density at radius 3 is 1.52 bits per heavy atom. The molecule has 0 aromatic heterocycles. The summed E-state index contributed by atoms with van der Waals surface area (Å²) < 4.78 is 10.7. The van der Waals surface area contributed by atoms with Gasteiger partial charge in [0, 0.05) is 5.92 Å². The van der Waals surface area contributed by atoms with Crippen LogP contribution in [0.4, 0.5) is 0 Å². The summed E-state index contributed by atoms with van der Waals surface area (Å²) in [5.41, 5.74) is 5.03. The zero-order chi connectivity index (χ0) is 15.4. The van der Waals surface area contributed by atoms with Gasteiger partial charge in [-0.3, -0.25) is 0 Å². The van der Waals surface area contributed by atoms with Gasteiger partial charge in [-0.05, 0) is 54.7 Å². The van der Waals surface area contributed by atoms with Crippen LogP contribution in [-0.4, -0.2) is 14.2 Å². The molecule has 112 valence electrons. The first kappa shape index (κ1) is 15.4. The molecule has 0 bridgehead atoms. The lowest BCUT2D eigenvalue weighted by Crippen LogP contribution is -2.02. The van der Waals surface area contributed by atoms with Gasteiger partial charge in [0.2, 0.25) is 0 Å². The number of hydrogen-bond acceptors (Lipinski definition) is 2. The number of hydrogen-bond donors (Lipinski definition) is 0. The molecule has 0 atom stereocenters. The second-order valence-electron chi connectivity index (χ2n) is 5.42. The highest BCUT2D eigenvalue weighted by atomic mass is 16.5. The molecule has 2 nitrogen and oxygen atoms in total. The van der Waals surface area contributed by atoms with Gasteiger partial charge in [-0.2, -0.15) is 0 Å². The SMILES string of the molecule is CCC(c1ccc(OC)c(C)c1)c1ccc(OC)c(C)c1. The van der Waals surface area contributed by atoms with Gasteiger partial charge in [0.25, 0.3) is 0 Å². The number of benzene rings is 2. The summed E-state index contributed by atoms with van der Waals surface area (Å²) >= 11 is 0. The highest BCUT2D eigenvalue weighted by molar-refractivity contribution is 5.44. The second kappa shape index (κ2) is 6.66. The molecule has 0 aliphatic heterocycles. The van der Waals surface area contributed by atoms with E-state index in [1.54, 1.807) is 14.2 Å². The zero-order valence-electron chi connectivity index (χ0n) is 13.6. The highest BCUT2D eigenvalue weighted by Gasteiger charge is 2.14. The van der Waals surface area contributed by atoms with Crippen molar-refractivity contribution in [3.63, 3.8) is 0 Å². The first-order chi connectivity index (χ1) is 10.1. The summed E-state index contributed by atoms with van der Waals surface area (Å²) in [6.07, 6.45) is 1.07. The molecule has 2 heteroatoms. The standard InChI is InChI=1S/C19H24O2/c1-6-17(15-7-9-18(20-4)13(2)11-15)16-8-10-19(21-5)14(3)12-16/h7-12,17H,6H2,1-5H3. The Kier molecular flexibility index (Phi) is 4.89. The molecule has 0 heterocycles. The van der Waals surface area contributed by atoms with Crippen molar-refractivity contribution in [3.05, 3.63) is 58.7 Å². The second-order valence-corrected chi connectivity index (χ2v) is 5.42. The number of methoxy groups -OCH3 is 2. The van der Waals surface area contributed by atoms with Crippen molar-refractivity contribution in [1.29, 1.82) is 0 Å². The summed E-state index contributed by atoms with van der Waals surface area (Å²) in [6, 6.07) is 12.9. The van der Waals surface area contributed by atoms with E-state index in [4.69, 9.17) is 9.47 Å². The molecule has 2 aromatic rings. The van der Waals surface area contributed by atoms with Gasteiger partial charge < -0.3 is 9.47 Å². The molecule has 0 radical (unpaired) electrons. The summed E-state index contributed by atoms with van der Waals surface area (Å²) in [5, 5.41) is 0. The molecule has 0 spiro atoms. The molecule has 0 unspecified atom stereocenters. The summed E-state index contributed by atoms with van der Waals surface area (Å²) in [4.78, 5) is 0. The minimum Gasteiger partial charge on any atom is -0.496 e. The Bertz CT molecular complexity index is 563. The average molecular weight is 284 g/mol. The molecule has 2 rings (SSSR count). The van der Waals surface area contributed by atoms with Crippen molar-refractivity contribution in [3.8, 4) is 11.5 Å². The molecule has 0 aliphatic rings. The quantitative estimate of drug-likeness (QED) is 0.780. The largest absolute Gasteiger partial charge is 0.496 e. The normalized spacial score (nSPS) is 10.8. The highest BCUT2D eigenvalue weighted by Crippen LogP contribution is 2.33. The third kappa shape index (κ3) is 3.21. The fourth-order valence-corrected chi connectivity index (χ4v) is 2.90. The van der Waals surface area contributed by atoms with E-state index in [2.05, 4.69) is 57.2 Å². The van der Waals surface area contributed by atoms with Crippen LogP contribution in [0.2, 0.25) is 0 Å². The van der Waals surface area contributed by atoms with Gasteiger partial charge in [-0.25, -0.2) is 0 Å². The maximum absolute atomic E-state index is 5.35. The molecule has 2 aromatic carbocycles. The molecule has 0 fully saturated rings. The van der Waals surface area contributed by atoms with Crippen LogP contribution in [-0.2, 0) is 0 Å². The van der Waals surface area contributed by atoms with E-state index in [0.717, 1.165) is 17.9 Å². The minimum absolute atomic E-state index is 0.402. The van der Waals surface area contributed by atoms with Crippen molar-refractivity contribution in [1.82, 2.24) is 0 Å². The van der Waals surface area contributed by atoms with Gasteiger partial charge in [0.15, 0.2) is 0 Å². The maximum Gasteiger partial charge on any atom is 0.121 e. The van der Waals surface area contributed by atoms with E-state index in [-0.39, 0.29) is 0 Å². The third-order valence-electron chi connectivity index (χ3n) is 4.05. The van der Waals surface area contributed by atoms with E-state index >= 15 is 0 Å². The van der Waals surface area contributed by atoms with Crippen molar-refractivity contribution >= 4 is 0 Å². The smallest absolute Gasteiger partial charge is 0.121 e. The number of rotatable bonds is 5. The minimum atomic E-state index is 0.402. The fourth-order valence-electron chi connectivity index (χ4n) is 2.90. The lowest BCUT2D eigenvalue weighted by molar-refractivity contribution is 0.411. The van der Waals surface area contributed by atoms with Crippen LogP contribution >= 0.6 is 0 Å². The van der Waals surface area contributed by atoms with Gasteiger partial charge >= 0.3 is 0 Å². The van der Waals surface area contributed by atoms with Crippen LogP contribution in [0, 0.1) is 13.8 Å². The summed E-state index contributed by atoms with van der Waals surface area (Å²) in [7, 11) is 3.43. The molecule has 0 amide bonds. The molecular formula is C19H24O2. The summed E-state index contributed by atoms with van der Waals surface area (Å²) in [5.74, 6) is 2.29. The van der Waals surface area contributed by atoms with Crippen molar-refractivity contribution in [2.45, 2.75) is 33.1 Å². The molecule has 0 N–H and O–H groups in total. The van der Waals surface area contributed by atoms with Crippen LogP contribution < -0.4 is 9.47 Å². The van der Waals surface area contributed by atoms with Crippen LogP contribution in [0.25, 0.3) is 0 Å². The van der Waals surface area contributed by atoms with Gasteiger partial charge in [-0.15, -0.1) is 0 Å². The number of ether oxygens (including phenoxy) is 2. The molecular weight excluding hydrogens is 260 g/mol. The topological polar surface area (TPSA) is 18.5 Å². The molecule has 0 aliphatic carbocycles. The van der Waals surface area contributed by atoms with Crippen LogP contribution in [0.1, 0.15) is 41.5 Å². The number of aryl methyl sites for hydroxylation is 2. The Morgan fingerprint density at radius 1 is 0.810 bits per heavy atom. The lowest BCUT2D eigenvalue weighted by Gasteiger charge is -2.19. The Labute approximate surface area is 127 Å². The van der Waals surface area contributed by atoms with E-state index in [1.807, 2.05) is 0 Å². The average Bonchev–Trinajstić information content (AvgIpc) is 2.48. The maximum atomic E-state index is 5.35. The van der Waals surface area contributed by atoms with Crippen LogP contribution in [0.15, 0.2) is 36.4 Å². The monoisotopic (exact) mass is 284 g/mol. The third-order valence-corrected chi connectivity index (χ3v) is 4.05. The van der Waals surface area contributed by atoms with E-state index < -0.39 is 0 Å². The van der Waals surface area contributed by atoms with Gasteiger partial charge in [-0.1, -0.05) is 31.2 Å². The van der Waals surface area contributed by atoms with Crippen LogP contribution in [0.3, 0.4) is 0 Å². The van der Waals surface area contributed by atoms with E-state index in [0.29, 0.717) is 5.92 Å².